The summed E-state index contributed by atoms with van der Waals surface area (Å²) in [5.74, 6) is 0.0483. The number of nitrogens with one attached hydrogen (secondary N) is 1. The van der Waals surface area contributed by atoms with E-state index in [0.29, 0.717) is 11.7 Å². The lowest BCUT2D eigenvalue weighted by Crippen LogP contribution is -2.45. The topological polar surface area (TPSA) is 63.1 Å². The van der Waals surface area contributed by atoms with Crippen molar-refractivity contribution in [2.24, 2.45) is 5.41 Å². The molecule has 0 bridgehead atoms. The van der Waals surface area contributed by atoms with Crippen molar-refractivity contribution in [3.05, 3.63) is 11.9 Å². The fourth-order valence-corrected chi connectivity index (χ4v) is 4.08. The van der Waals surface area contributed by atoms with Crippen molar-refractivity contribution in [1.29, 1.82) is 0 Å². The molecule has 0 saturated carbocycles. The third kappa shape index (κ3) is 4.28. The minimum atomic E-state index is 0. The van der Waals surface area contributed by atoms with Crippen LogP contribution in [-0.2, 0) is 0 Å². The number of rotatable bonds is 4. The van der Waals surface area contributed by atoms with Gasteiger partial charge in [0.15, 0.2) is 5.69 Å². The first kappa shape index (κ1) is 19.2. The number of aromatic nitrogens is 3. The second kappa shape index (κ2) is 8.30. The first-order valence-electron chi connectivity index (χ1n) is 9.03. The van der Waals surface area contributed by atoms with Crippen molar-refractivity contribution in [3.8, 4) is 0 Å². The van der Waals surface area contributed by atoms with Gasteiger partial charge in [0.2, 0.25) is 0 Å². The molecule has 136 valence electrons. The Morgan fingerprint density at radius 3 is 2.88 bits per heavy atom. The summed E-state index contributed by atoms with van der Waals surface area (Å²) in [6, 6.07) is 0.372. The Morgan fingerprint density at radius 2 is 2.17 bits per heavy atom. The molecule has 2 fully saturated rings. The van der Waals surface area contributed by atoms with Gasteiger partial charge < -0.3 is 10.2 Å². The van der Waals surface area contributed by atoms with E-state index in [1.54, 1.807) is 0 Å². The third-order valence-electron chi connectivity index (χ3n) is 5.33. The van der Waals surface area contributed by atoms with E-state index in [0.717, 1.165) is 45.4 Å². The Bertz CT molecular complexity index is 539. The van der Waals surface area contributed by atoms with Gasteiger partial charge in [0.1, 0.15) is 0 Å². The van der Waals surface area contributed by atoms with E-state index >= 15 is 0 Å². The van der Waals surface area contributed by atoms with Crippen LogP contribution in [0.2, 0.25) is 0 Å². The average Bonchev–Trinajstić information content (AvgIpc) is 3.05. The summed E-state index contributed by atoms with van der Waals surface area (Å²) in [4.78, 5) is 14.8. The van der Waals surface area contributed by atoms with Gasteiger partial charge in [-0.25, -0.2) is 4.68 Å². The molecule has 0 aliphatic carbocycles. The molecule has 1 atom stereocenters. The van der Waals surface area contributed by atoms with Crippen molar-refractivity contribution >= 4 is 18.3 Å². The molecule has 1 amide bonds. The number of halogens is 1. The Labute approximate surface area is 150 Å². The van der Waals surface area contributed by atoms with Gasteiger partial charge >= 0.3 is 0 Å². The monoisotopic (exact) mass is 355 g/mol. The van der Waals surface area contributed by atoms with E-state index < -0.39 is 0 Å². The smallest absolute Gasteiger partial charge is 0.276 e. The molecule has 0 spiro atoms. The largest absolute Gasteiger partial charge is 0.337 e. The Kier molecular flexibility index (Phi) is 6.63. The lowest BCUT2D eigenvalue weighted by Gasteiger charge is -2.40. The standard InChI is InChI=1S/C17H29N5O.ClH/c1-3-7-17(2)8-4-11-21(13-17)16(23)15-12-22(20-19-15)14-5-9-18-10-6-14;/h12,14,18H,3-11,13H2,1-2H3;1H. The summed E-state index contributed by atoms with van der Waals surface area (Å²) in [6.07, 6.45) is 8.61. The van der Waals surface area contributed by atoms with Gasteiger partial charge in [-0.05, 0) is 50.6 Å². The van der Waals surface area contributed by atoms with E-state index in [-0.39, 0.29) is 23.7 Å². The second-order valence-corrected chi connectivity index (χ2v) is 7.46. The Morgan fingerprint density at radius 1 is 1.42 bits per heavy atom. The molecule has 2 saturated heterocycles. The van der Waals surface area contributed by atoms with Crippen LogP contribution >= 0.6 is 12.4 Å². The first-order chi connectivity index (χ1) is 11.1. The molecule has 1 unspecified atom stereocenters. The van der Waals surface area contributed by atoms with Gasteiger partial charge in [-0.2, -0.15) is 0 Å². The van der Waals surface area contributed by atoms with E-state index in [9.17, 15) is 4.79 Å². The Balaban J connectivity index is 0.00000208. The number of amides is 1. The predicted octanol–water partition coefficient (Wildman–Crippen LogP) is 2.67. The van der Waals surface area contributed by atoms with Gasteiger partial charge in [-0.3, -0.25) is 4.79 Å². The predicted molar refractivity (Wildman–Crippen MR) is 96.6 cm³/mol. The van der Waals surface area contributed by atoms with Crippen molar-refractivity contribution in [3.63, 3.8) is 0 Å². The van der Waals surface area contributed by atoms with Crippen LogP contribution in [-0.4, -0.2) is 52.0 Å². The van der Waals surface area contributed by atoms with Crippen LogP contribution in [0.4, 0.5) is 0 Å². The molecular formula is C17H30ClN5O. The fourth-order valence-electron chi connectivity index (χ4n) is 4.08. The quantitative estimate of drug-likeness (QED) is 0.901. The van der Waals surface area contributed by atoms with Gasteiger partial charge in [0.25, 0.3) is 5.91 Å². The Hall–Kier alpha value is -1.14. The highest BCUT2D eigenvalue weighted by Crippen LogP contribution is 2.34. The van der Waals surface area contributed by atoms with Crippen molar-refractivity contribution < 1.29 is 4.79 Å². The maximum Gasteiger partial charge on any atom is 0.276 e. The van der Waals surface area contributed by atoms with Gasteiger partial charge in [-0.15, -0.1) is 17.5 Å². The molecular weight excluding hydrogens is 326 g/mol. The highest BCUT2D eigenvalue weighted by molar-refractivity contribution is 5.92. The third-order valence-corrected chi connectivity index (χ3v) is 5.33. The average molecular weight is 356 g/mol. The van der Waals surface area contributed by atoms with Gasteiger partial charge in [0.05, 0.1) is 12.2 Å². The molecule has 0 radical (unpaired) electrons. The number of likely N-dealkylation sites (tertiary alicyclic amines) is 1. The van der Waals surface area contributed by atoms with Crippen molar-refractivity contribution in [1.82, 2.24) is 25.2 Å². The van der Waals surface area contributed by atoms with E-state index in [4.69, 9.17) is 0 Å². The summed E-state index contributed by atoms with van der Waals surface area (Å²) in [5.41, 5.74) is 0.762. The lowest BCUT2D eigenvalue weighted by atomic mass is 9.78. The minimum absolute atomic E-state index is 0. The zero-order valence-electron chi connectivity index (χ0n) is 14.8. The molecule has 1 N–H and O–H groups in total. The zero-order valence-corrected chi connectivity index (χ0v) is 15.6. The molecule has 6 nitrogen and oxygen atoms in total. The van der Waals surface area contributed by atoms with Crippen LogP contribution in [0.25, 0.3) is 0 Å². The zero-order chi connectivity index (χ0) is 16.3. The van der Waals surface area contributed by atoms with Crippen LogP contribution in [0, 0.1) is 5.41 Å². The maximum atomic E-state index is 12.8. The van der Waals surface area contributed by atoms with Crippen LogP contribution in [0.3, 0.4) is 0 Å². The minimum Gasteiger partial charge on any atom is -0.337 e. The fraction of sp³-hybridized carbons (Fsp3) is 0.824. The van der Waals surface area contributed by atoms with Crippen molar-refractivity contribution in [2.75, 3.05) is 26.2 Å². The maximum absolute atomic E-state index is 12.8. The number of carbonyl (C=O) groups excluding carboxylic acids is 1. The number of hydrogen-bond donors (Lipinski definition) is 1. The van der Waals surface area contributed by atoms with Crippen LogP contribution in [0.5, 0.6) is 0 Å². The SMILES string of the molecule is CCCC1(C)CCCN(C(=O)c2cn(C3CCNCC3)nn2)C1.Cl. The normalized spacial score (nSPS) is 25.3. The summed E-state index contributed by atoms with van der Waals surface area (Å²) >= 11 is 0. The van der Waals surface area contributed by atoms with Crippen LogP contribution in [0.15, 0.2) is 6.20 Å². The second-order valence-electron chi connectivity index (χ2n) is 7.46. The van der Waals surface area contributed by atoms with Gasteiger partial charge in [-0.1, -0.05) is 25.5 Å². The molecule has 2 aliphatic rings. The van der Waals surface area contributed by atoms with Gasteiger partial charge in [0, 0.05) is 13.1 Å². The molecule has 3 heterocycles. The molecule has 24 heavy (non-hydrogen) atoms. The first-order valence-corrected chi connectivity index (χ1v) is 9.03. The highest BCUT2D eigenvalue weighted by Gasteiger charge is 2.33. The molecule has 3 rings (SSSR count). The summed E-state index contributed by atoms with van der Waals surface area (Å²) in [5, 5.41) is 11.7. The van der Waals surface area contributed by atoms with Crippen LogP contribution in [0.1, 0.15) is 68.9 Å². The number of piperidine rings is 2. The van der Waals surface area contributed by atoms with E-state index in [1.807, 2.05) is 15.8 Å². The summed E-state index contributed by atoms with van der Waals surface area (Å²) in [6.45, 7) is 8.24. The van der Waals surface area contributed by atoms with Crippen molar-refractivity contribution in [2.45, 2.75) is 58.4 Å². The van der Waals surface area contributed by atoms with Crippen LogP contribution < -0.4 is 5.32 Å². The lowest BCUT2D eigenvalue weighted by molar-refractivity contribution is 0.0524. The summed E-state index contributed by atoms with van der Waals surface area (Å²) in [7, 11) is 0. The molecule has 7 heteroatoms. The molecule has 0 aromatic carbocycles. The molecule has 1 aromatic rings. The number of carbonyl (C=O) groups is 1. The highest BCUT2D eigenvalue weighted by atomic mass is 35.5. The van der Waals surface area contributed by atoms with E-state index in [2.05, 4.69) is 29.5 Å². The molecule has 2 aliphatic heterocycles. The molecule has 1 aromatic heterocycles. The summed E-state index contributed by atoms with van der Waals surface area (Å²) < 4.78 is 1.89. The number of hydrogen-bond acceptors (Lipinski definition) is 4. The number of nitrogens with zero attached hydrogens (tertiary/aromatic N) is 4. The van der Waals surface area contributed by atoms with E-state index in [1.165, 1.54) is 19.3 Å².